The molecule has 1 aliphatic rings. The second-order valence-electron chi connectivity index (χ2n) is 3.49. The van der Waals surface area contributed by atoms with E-state index in [0.717, 1.165) is 5.92 Å². The maximum Gasteiger partial charge on any atom is -0.0414 e. The molecule has 0 aromatic carbocycles. The normalized spacial score (nSPS) is 21.3. The minimum atomic E-state index is 1.07. The van der Waals surface area contributed by atoms with Crippen LogP contribution in [0.5, 0.6) is 0 Å². The first kappa shape index (κ1) is 8.10. The average molecular weight is 139 g/mol. The molecule has 0 aromatic rings. The fraction of sp³-hybridized carbons (Fsp3) is 0.900. The summed E-state index contributed by atoms with van der Waals surface area (Å²) in [5.41, 5.74) is 0. The second-order valence-corrected chi connectivity index (χ2v) is 3.49. The van der Waals surface area contributed by atoms with Crippen LogP contribution >= 0.6 is 0 Å². The molecule has 0 heterocycles. The van der Waals surface area contributed by atoms with E-state index in [2.05, 4.69) is 13.3 Å². The summed E-state index contributed by atoms with van der Waals surface area (Å²) in [6, 6.07) is 0. The molecular formula is C10H19. The molecule has 0 unspecified atom stereocenters. The molecular weight excluding hydrogens is 120 g/mol. The van der Waals surface area contributed by atoms with Crippen LogP contribution in [-0.4, -0.2) is 0 Å². The summed E-state index contributed by atoms with van der Waals surface area (Å²) in [6.07, 6.45) is 12.6. The van der Waals surface area contributed by atoms with Gasteiger partial charge in [-0.1, -0.05) is 51.9 Å². The highest BCUT2D eigenvalue weighted by Crippen LogP contribution is 2.27. The summed E-state index contributed by atoms with van der Waals surface area (Å²) in [6.45, 7) is 2.17. The minimum Gasteiger partial charge on any atom is -0.0623 e. The van der Waals surface area contributed by atoms with Crippen LogP contribution in [0.3, 0.4) is 0 Å². The maximum absolute atomic E-state index is 2.30. The van der Waals surface area contributed by atoms with E-state index in [1.54, 1.807) is 0 Å². The molecule has 1 aliphatic carbocycles. The van der Waals surface area contributed by atoms with Crippen molar-refractivity contribution in [3.63, 3.8) is 0 Å². The van der Waals surface area contributed by atoms with Gasteiger partial charge in [0, 0.05) is 0 Å². The van der Waals surface area contributed by atoms with E-state index >= 15 is 0 Å². The van der Waals surface area contributed by atoms with Gasteiger partial charge in [-0.25, -0.2) is 0 Å². The van der Waals surface area contributed by atoms with Crippen molar-refractivity contribution in [1.29, 1.82) is 0 Å². The second kappa shape index (κ2) is 4.76. The van der Waals surface area contributed by atoms with Crippen molar-refractivity contribution in [1.82, 2.24) is 0 Å². The Morgan fingerprint density at radius 2 is 1.90 bits per heavy atom. The van der Waals surface area contributed by atoms with Crippen LogP contribution in [0.1, 0.15) is 51.9 Å². The fourth-order valence-electron chi connectivity index (χ4n) is 1.88. The Hall–Kier alpha value is 0. The van der Waals surface area contributed by atoms with Crippen LogP contribution in [0.2, 0.25) is 0 Å². The molecule has 1 rings (SSSR count). The zero-order valence-electron chi connectivity index (χ0n) is 7.10. The standard InChI is InChI=1S/C10H19/c1-2-3-7-10-8-5-4-6-9-10/h2,10H,3-9H2,1H3. The summed E-state index contributed by atoms with van der Waals surface area (Å²) in [7, 11) is 0. The average Bonchev–Trinajstić information content (AvgIpc) is 2.03. The highest BCUT2D eigenvalue weighted by Gasteiger charge is 2.11. The van der Waals surface area contributed by atoms with Crippen molar-refractivity contribution in [3.8, 4) is 0 Å². The van der Waals surface area contributed by atoms with Gasteiger partial charge >= 0.3 is 0 Å². The number of hydrogen-bond donors (Lipinski definition) is 0. The third kappa shape index (κ3) is 2.72. The van der Waals surface area contributed by atoms with E-state index in [9.17, 15) is 0 Å². The zero-order chi connectivity index (χ0) is 7.23. The topological polar surface area (TPSA) is 0 Å². The lowest BCUT2D eigenvalue weighted by Crippen LogP contribution is -2.05. The largest absolute Gasteiger partial charge is 0.0623 e. The number of rotatable bonds is 3. The zero-order valence-corrected chi connectivity index (χ0v) is 7.10. The summed E-state index contributed by atoms with van der Waals surface area (Å²) < 4.78 is 0. The van der Waals surface area contributed by atoms with Crippen LogP contribution in [-0.2, 0) is 0 Å². The summed E-state index contributed by atoms with van der Waals surface area (Å²) in [5.74, 6) is 1.07. The van der Waals surface area contributed by atoms with E-state index in [4.69, 9.17) is 0 Å². The molecule has 10 heavy (non-hydrogen) atoms. The SMILES string of the molecule is C[CH]CCC1CCCCC1. The Kier molecular flexibility index (Phi) is 3.86. The first-order chi connectivity index (χ1) is 4.93. The molecule has 1 saturated carbocycles. The van der Waals surface area contributed by atoms with Crippen molar-refractivity contribution in [2.45, 2.75) is 51.9 Å². The molecule has 0 heteroatoms. The van der Waals surface area contributed by atoms with Crippen molar-refractivity contribution >= 4 is 0 Å². The molecule has 1 fully saturated rings. The van der Waals surface area contributed by atoms with Gasteiger partial charge in [0.25, 0.3) is 0 Å². The van der Waals surface area contributed by atoms with Gasteiger partial charge in [0.05, 0.1) is 0 Å². The van der Waals surface area contributed by atoms with Gasteiger partial charge in [-0.2, -0.15) is 0 Å². The third-order valence-electron chi connectivity index (χ3n) is 2.59. The van der Waals surface area contributed by atoms with Gasteiger partial charge < -0.3 is 0 Å². The molecule has 0 bridgehead atoms. The van der Waals surface area contributed by atoms with E-state index in [0.29, 0.717) is 0 Å². The molecule has 0 N–H and O–H groups in total. The Bertz CT molecular complexity index is 70.1. The molecule has 0 saturated heterocycles. The van der Waals surface area contributed by atoms with Crippen LogP contribution < -0.4 is 0 Å². The van der Waals surface area contributed by atoms with Gasteiger partial charge in [0.2, 0.25) is 0 Å². The highest BCUT2D eigenvalue weighted by molar-refractivity contribution is 4.68. The van der Waals surface area contributed by atoms with E-state index in [1.807, 2.05) is 0 Å². The minimum absolute atomic E-state index is 1.07. The number of hydrogen-bond acceptors (Lipinski definition) is 0. The van der Waals surface area contributed by atoms with Gasteiger partial charge in [-0.3, -0.25) is 0 Å². The van der Waals surface area contributed by atoms with Gasteiger partial charge in [-0.15, -0.1) is 0 Å². The van der Waals surface area contributed by atoms with Crippen LogP contribution in [0.4, 0.5) is 0 Å². The number of unbranched alkanes of at least 4 members (excludes halogenated alkanes) is 1. The fourth-order valence-corrected chi connectivity index (χ4v) is 1.88. The maximum atomic E-state index is 2.30. The lowest BCUT2D eigenvalue weighted by atomic mass is 9.86. The van der Waals surface area contributed by atoms with Crippen molar-refractivity contribution in [2.75, 3.05) is 0 Å². The quantitative estimate of drug-likeness (QED) is 0.560. The predicted molar refractivity (Wildman–Crippen MR) is 45.8 cm³/mol. The molecule has 59 valence electrons. The first-order valence-corrected chi connectivity index (χ1v) is 4.71. The van der Waals surface area contributed by atoms with Crippen molar-refractivity contribution < 1.29 is 0 Å². The van der Waals surface area contributed by atoms with Crippen LogP contribution in [0, 0.1) is 12.3 Å². The Labute approximate surface area is 65.0 Å². The lowest BCUT2D eigenvalue weighted by molar-refractivity contribution is 0.338. The first-order valence-electron chi connectivity index (χ1n) is 4.71. The van der Waals surface area contributed by atoms with Crippen LogP contribution in [0.15, 0.2) is 0 Å². The highest BCUT2D eigenvalue weighted by atomic mass is 14.2. The summed E-state index contributed by atoms with van der Waals surface area (Å²) in [4.78, 5) is 0. The predicted octanol–water partition coefficient (Wildman–Crippen LogP) is 3.57. The Balaban J connectivity index is 2.02. The van der Waals surface area contributed by atoms with Gasteiger partial charge in [0.1, 0.15) is 0 Å². The molecule has 0 atom stereocenters. The molecule has 0 nitrogen and oxygen atoms in total. The summed E-state index contributed by atoms with van der Waals surface area (Å²) in [5, 5.41) is 0. The molecule has 0 aliphatic heterocycles. The van der Waals surface area contributed by atoms with E-state index < -0.39 is 0 Å². The summed E-state index contributed by atoms with van der Waals surface area (Å²) >= 11 is 0. The smallest absolute Gasteiger partial charge is 0.0414 e. The Morgan fingerprint density at radius 3 is 2.50 bits per heavy atom. The molecule has 0 spiro atoms. The van der Waals surface area contributed by atoms with E-state index in [1.165, 1.54) is 44.9 Å². The molecule has 0 aromatic heterocycles. The van der Waals surface area contributed by atoms with Crippen molar-refractivity contribution in [3.05, 3.63) is 6.42 Å². The lowest BCUT2D eigenvalue weighted by Gasteiger charge is -2.20. The Morgan fingerprint density at radius 1 is 1.20 bits per heavy atom. The molecule has 1 radical (unpaired) electrons. The monoisotopic (exact) mass is 139 g/mol. The third-order valence-corrected chi connectivity index (χ3v) is 2.59. The van der Waals surface area contributed by atoms with E-state index in [-0.39, 0.29) is 0 Å². The van der Waals surface area contributed by atoms with Crippen molar-refractivity contribution in [2.24, 2.45) is 5.92 Å². The van der Waals surface area contributed by atoms with Crippen LogP contribution in [0.25, 0.3) is 0 Å². The molecule has 0 amide bonds. The van der Waals surface area contributed by atoms with Gasteiger partial charge in [-0.05, 0) is 12.3 Å². The van der Waals surface area contributed by atoms with Gasteiger partial charge in [0.15, 0.2) is 0 Å².